The highest BCUT2D eigenvalue weighted by Crippen LogP contribution is 2.25. The van der Waals surface area contributed by atoms with Crippen LogP contribution in [0.5, 0.6) is 5.75 Å². The fourth-order valence-corrected chi connectivity index (χ4v) is 4.30. The second-order valence-corrected chi connectivity index (χ2v) is 8.52. The molecular weight excluding hydrogens is 432 g/mol. The van der Waals surface area contributed by atoms with E-state index in [-0.39, 0.29) is 11.8 Å². The molecule has 34 heavy (non-hydrogen) atoms. The van der Waals surface area contributed by atoms with Crippen molar-refractivity contribution < 1.29 is 19.4 Å². The first kappa shape index (κ1) is 25.7. The van der Waals surface area contributed by atoms with Crippen LogP contribution in [0, 0.1) is 0 Å². The van der Waals surface area contributed by atoms with Gasteiger partial charge in [-0.1, -0.05) is 36.4 Å². The fourth-order valence-electron chi connectivity index (χ4n) is 4.30. The highest BCUT2D eigenvalue weighted by molar-refractivity contribution is 5.92. The number of carbonyl (C=O) groups excluding carboxylic acids is 2. The number of carbonyl (C=O) groups is 2. The van der Waals surface area contributed by atoms with Gasteiger partial charge in [-0.15, -0.1) is 0 Å². The van der Waals surface area contributed by atoms with Gasteiger partial charge in [0.15, 0.2) is 0 Å². The summed E-state index contributed by atoms with van der Waals surface area (Å²) >= 11 is 0. The number of aliphatic hydroxyl groups excluding tert-OH is 1. The van der Waals surface area contributed by atoms with Gasteiger partial charge in [-0.2, -0.15) is 0 Å². The van der Waals surface area contributed by atoms with Gasteiger partial charge in [0.1, 0.15) is 11.8 Å². The van der Waals surface area contributed by atoms with Crippen molar-refractivity contribution in [2.24, 2.45) is 5.73 Å². The van der Waals surface area contributed by atoms with Crippen molar-refractivity contribution >= 4 is 17.5 Å². The molecule has 0 radical (unpaired) electrons. The van der Waals surface area contributed by atoms with Crippen LogP contribution in [-0.2, 0) is 22.7 Å². The molecule has 2 aromatic carbocycles. The van der Waals surface area contributed by atoms with Gasteiger partial charge in [0, 0.05) is 57.4 Å². The van der Waals surface area contributed by atoms with Crippen molar-refractivity contribution in [1.29, 1.82) is 0 Å². The van der Waals surface area contributed by atoms with Gasteiger partial charge in [-0.3, -0.25) is 14.5 Å². The topological polar surface area (TPSA) is 99.3 Å². The van der Waals surface area contributed by atoms with Gasteiger partial charge in [0.2, 0.25) is 11.8 Å². The Morgan fingerprint density at radius 2 is 1.79 bits per heavy atom. The summed E-state index contributed by atoms with van der Waals surface area (Å²) in [7, 11) is 0. The maximum atomic E-state index is 13.0. The summed E-state index contributed by atoms with van der Waals surface area (Å²) < 4.78 is 5.81. The minimum Gasteiger partial charge on any atom is -0.494 e. The average Bonchev–Trinajstić information content (AvgIpc) is 2.87. The number of nitrogens with two attached hydrogens (primary N) is 1. The van der Waals surface area contributed by atoms with E-state index in [0.717, 1.165) is 35.5 Å². The molecule has 0 fully saturated rings. The van der Waals surface area contributed by atoms with Crippen LogP contribution in [0.1, 0.15) is 31.4 Å². The molecule has 2 amide bonds. The zero-order valence-corrected chi connectivity index (χ0v) is 20.2. The Morgan fingerprint density at radius 3 is 2.53 bits per heavy atom. The van der Waals surface area contributed by atoms with E-state index in [1.54, 1.807) is 16.7 Å². The predicted octanol–water partition coefficient (Wildman–Crippen LogP) is 1.99. The molecule has 2 aromatic rings. The van der Waals surface area contributed by atoms with Crippen LogP contribution >= 0.6 is 0 Å². The van der Waals surface area contributed by atoms with E-state index in [2.05, 4.69) is 11.0 Å². The highest BCUT2D eigenvalue weighted by atomic mass is 16.5. The molecule has 1 aliphatic heterocycles. The van der Waals surface area contributed by atoms with Gasteiger partial charge >= 0.3 is 0 Å². The molecule has 3 N–H and O–H groups in total. The molecule has 0 aliphatic carbocycles. The number of rotatable bonds is 6. The molecule has 0 saturated heterocycles. The third-order valence-electron chi connectivity index (χ3n) is 6.06. The third kappa shape index (κ3) is 6.56. The lowest BCUT2D eigenvalue weighted by atomic mass is 10.1. The Hall–Kier alpha value is -2.94. The second-order valence-electron chi connectivity index (χ2n) is 8.52. The highest BCUT2D eigenvalue weighted by Gasteiger charge is 2.25. The molecule has 0 unspecified atom stereocenters. The Balaban J connectivity index is 1.91. The van der Waals surface area contributed by atoms with Gasteiger partial charge in [0.25, 0.3) is 0 Å². The number of anilines is 1. The maximum Gasteiger partial charge on any atom is 0.242 e. The molecule has 184 valence electrons. The fraction of sp³-hybridized carbons (Fsp3) is 0.462. The quantitative estimate of drug-likeness (QED) is 0.673. The minimum atomic E-state index is -0.978. The van der Waals surface area contributed by atoms with E-state index < -0.39 is 12.6 Å². The molecule has 8 heteroatoms. The SMILES string of the molecule is CCOc1ccccc1CN1CCCN(C(C)=O)c2ccccc2CN(C(=O)[C@H](N)CO)CC1. The summed E-state index contributed by atoms with van der Waals surface area (Å²) in [6, 6.07) is 14.7. The van der Waals surface area contributed by atoms with Crippen molar-refractivity contribution in [2.75, 3.05) is 44.3 Å². The van der Waals surface area contributed by atoms with E-state index >= 15 is 0 Å². The van der Waals surface area contributed by atoms with Crippen LogP contribution in [0.25, 0.3) is 0 Å². The number of ether oxygens (including phenoxy) is 1. The van der Waals surface area contributed by atoms with Gasteiger partial charge in [-0.25, -0.2) is 0 Å². The first-order valence-electron chi connectivity index (χ1n) is 11.9. The predicted molar refractivity (Wildman–Crippen MR) is 132 cm³/mol. The Morgan fingerprint density at radius 1 is 1.06 bits per heavy atom. The van der Waals surface area contributed by atoms with Crippen molar-refractivity contribution in [3.63, 3.8) is 0 Å². The van der Waals surface area contributed by atoms with E-state index in [4.69, 9.17) is 10.5 Å². The van der Waals surface area contributed by atoms with Crippen LogP contribution in [0.3, 0.4) is 0 Å². The van der Waals surface area contributed by atoms with Crippen LogP contribution in [0.4, 0.5) is 5.69 Å². The first-order valence-corrected chi connectivity index (χ1v) is 11.9. The molecule has 1 aliphatic rings. The van der Waals surface area contributed by atoms with Crippen molar-refractivity contribution in [3.05, 3.63) is 59.7 Å². The molecule has 3 rings (SSSR count). The molecule has 0 spiro atoms. The van der Waals surface area contributed by atoms with Gasteiger partial charge in [0.05, 0.1) is 13.2 Å². The number of aliphatic hydroxyl groups is 1. The minimum absolute atomic E-state index is 0.0372. The lowest BCUT2D eigenvalue weighted by Crippen LogP contribution is -2.47. The van der Waals surface area contributed by atoms with Crippen LogP contribution in [0.15, 0.2) is 48.5 Å². The first-order chi connectivity index (χ1) is 16.4. The summed E-state index contributed by atoms with van der Waals surface area (Å²) in [5, 5.41) is 9.50. The zero-order valence-electron chi connectivity index (χ0n) is 20.2. The molecule has 0 saturated carbocycles. The standard InChI is InChI=1S/C26H36N4O4/c1-3-34-25-12-7-5-10-22(25)17-28-13-8-14-30(20(2)32)24-11-6-4-9-21(24)18-29(16-15-28)26(33)23(27)19-31/h4-7,9-12,23,31H,3,8,13-19,27H2,1-2H3/t23-/m1/s1. The smallest absolute Gasteiger partial charge is 0.242 e. The summed E-state index contributed by atoms with van der Waals surface area (Å²) in [4.78, 5) is 31.3. The number of amides is 2. The number of hydrogen-bond donors (Lipinski definition) is 2. The van der Waals surface area contributed by atoms with Crippen molar-refractivity contribution in [3.8, 4) is 5.75 Å². The van der Waals surface area contributed by atoms with E-state index in [1.165, 1.54) is 0 Å². The number of fused-ring (bicyclic) bond motifs is 1. The monoisotopic (exact) mass is 468 g/mol. The largest absolute Gasteiger partial charge is 0.494 e. The normalized spacial score (nSPS) is 16.4. The number of para-hydroxylation sites is 2. The summed E-state index contributed by atoms with van der Waals surface area (Å²) in [5.41, 5.74) is 8.68. The third-order valence-corrected chi connectivity index (χ3v) is 6.06. The molecule has 1 atom stereocenters. The van der Waals surface area contributed by atoms with Gasteiger partial charge < -0.3 is 25.4 Å². The van der Waals surface area contributed by atoms with E-state index in [1.807, 2.05) is 49.4 Å². The van der Waals surface area contributed by atoms with Crippen LogP contribution in [-0.4, -0.2) is 72.2 Å². The summed E-state index contributed by atoms with van der Waals surface area (Å²) in [6.45, 7) is 7.10. The lowest BCUT2D eigenvalue weighted by Gasteiger charge is -2.29. The Labute approximate surface area is 201 Å². The molecular formula is C26H36N4O4. The number of nitrogens with zero attached hydrogens (tertiary/aromatic N) is 3. The van der Waals surface area contributed by atoms with Gasteiger partial charge in [-0.05, 0) is 31.0 Å². The van der Waals surface area contributed by atoms with E-state index in [0.29, 0.717) is 39.3 Å². The lowest BCUT2D eigenvalue weighted by molar-refractivity contribution is -0.134. The molecule has 1 heterocycles. The van der Waals surface area contributed by atoms with Crippen LogP contribution < -0.4 is 15.4 Å². The van der Waals surface area contributed by atoms with E-state index in [9.17, 15) is 14.7 Å². The Kier molecular flexibility index (Phi) is 9.44. The summed E-state index contributed by atoms with van der Waals surface area (Å²) in [5.74, 6) is 0.512. The second kappa shape index (κ2) is 12.5. The maximum absolute atomic E-state index is 13.0. The number of hydrogen-bond acceptors (Lipinski definition) is 6. The Bertz CT molecular complexity index is 967. The molecule has 0 bridgehead atoms. The zero-order chi connectivity index (χ0) is 24.5. The van der Waals surface area contributed by atoms with Crippen molar-refractivity contribution in [2.45, 2.75) is 39.4 Å². The molecule has 0 aromatic heterocycles. The van der Waals surface area contributed by atoms with Crippen LogP contribution in [0.2, 0.25) is 0 Å². The number of benzene rings is 2. The average molecular weight is 469 g/mol. The van der Waals surface area contributed by atoms with Crippen molar-refractivity contribution in [1.82, 2.24) is 9.80 Å². The summed E-state index contributed by atoms with van der Waals surface area (Å²) in [6.07, 6.45) is 0.787. The molecule has 8 nitrogen and oxygen atoms in total.